The Labute approximate surface area is 125 Å². The van der Waals surface area contributed by atoms with Crippen LogP contribution in [-0.4, -0.2) is 12.5 Å². The van der Waals surface area contributed by atoms with Crippen LogP contribution in [0.2, 0.25) is 0 Å². The van der Waals surface area contributed by atoms with Crippen molar-refractivity contribution in [2.24, 2.45) is 0 Å². The number of carbonyl (C=O) groups is 1. The van der Waals surface area contributed by atoms with Crippen LogP contribution in [0, 0.1) is 6.92 Å². The number of nitrogens with two attached hydrogens (primary N) is 1. The molecule has 21 heavy (non-hydrogen) atoms. The number of aryl methyl sites for hydroxylation is 2. The van der Waals surface area contributed by atoms with Gasteiger partial charge < -0.3 is 10.6 Å². The highest BCUT2D eigenvalue weighted by atomic mass is 16.2. The molecule has 0 atom stereocenters. The average molecular weight is 280 g/mol. The molecular formula is C18H20N2O. The largest absolute Gasteiger partial charge is 0.399 e. The molecule has 3 rings (SSSR count). The minimum absolute atomic E-state index is 0.118. The molecule has 0 radical (unpaired) electrons. The molecule has 0 saturated carbocycles. The number of hydrogen-bond acceptors (Lipinski definition) is 2. The van der Waals surface area contributed by atoms with Gasteiger partial charge in [-0.25, -0.2) is 0 Å². The van der Waals surface area contributed by atoms with Crippen molar-refractivity contribution in [3.05, 3.63) is 47.5 Å². The van der Waals surface area contributed by atoms with Crippen LogP contribution >= 0.6 is 0 Å². The SMILES string of the molecule is CC(=O)N1CCCc2cc(-c3ccc(N)c(C)c3)ccc21. The molecule has 0 bridgehead atoms. The van der Waals surface area contributed by atoms with Gasteiger partial charge in [0, 0.05) is 24.8 Å². The minimum Gasteiger partial charge on any atom is -0.399 e. The summed E-state index contributed by atoms with van der Waals surface area (Å²) in [5, 5.41) is 0. The first-order valence-corrected chi connectivity index (χ1v) is 7.34. The molecule has 1 amide bonds. The van der Waals surface area contributed by atoms with Crippen LogP contribution in [0.5, 0.6) is 0 Å². The Morgan fingerprint density at radius 3 is 2.57 bits per heavy atom. The lowest BCUT2D eigenvalue weighted by atomic mass is 9.95. The average Bonchev–Trinajstić information content (AvgIpc) is 2.48. The number of anilines is 2. The summed E-state index contributed by atoms with van der Waals surface area (Å²) in [5.41, 5.74) is 12.5. The van der Waals surface area contributed by atoms with E-state index in [4.69, 9.17) is 5.73 Å². The van der Waals surface area contributed by atoms with Crippen LogP contribution in [0.1, 0.15) is 24.5 Å². The van der Waals surface area contributed by atoms with E-state index in [1.807, 2.05) is 17.9 Å². The molecule has 108 valence electrons. The monoisotopic (exact) mass is 280 g/mol. The first kappa shape index (κ1) is 13.7. The van der Waals surface area contributed by atoms with Crippen molar-refractivity contribution in [3.8, 4) is 11.1 Å². The fourth-order valence-electron chi connectivity index (χ4n) is 2.96. The van der Waals surface area contributed by atoms with Gasteiger partial charge in [-0.3, -0.25) is 4.79 Å². The Kier molecular flexibility index (Phi) is 3.42. The van der Waals surface area contributed by atoms with Gasteiger partial charge in [-0.1, -0.05) is 12.1 Å². The molecule has 2 N–H and O–H groups in total. The van der Waals surface area contributed by atoms with Crippen molar-refractivity contribution < 1.29 is 4.79 Å². The van der Waals surface area contributed by atoms with Gasteiger partial charge in [0.2, 0.25) is 5.91 Å². The van der Waals surface area contributed by atoms with Gasteiger partial charge in [0.15, 0.2) is 0 Å². The van der Waals surface area contributed by atoms with Gasteiger partial charge in [0.05, 0.1) is 0 Å². The first-order valence-electron chi connectivity index (χ1n) is 7.34. The van der Waals surface area contributed by atoms with Crippen molar-refractivity contribution in [1.29, 1.82) is 0 Å². The Morgan fingerprint density at radius 1 is 1.14 bits per heavy atom. The molecule has 0 unspecified atom stereocenters. The van der Waals surface area contributed by atoms with E-state index in [0.29, 0.717) is 0 Å². The number of rotatable bonds is 1. The summed E-state index contributed by atoms with van der Waals surface area (Å²) in [4.78, 5) is 13.6. The molecule has 1 aliphatic rings. The van der Waals surface area contributed by atoms with Crippen LogP contribution in [0.25, 0.3) is 11.1 Å². The summed E-state index contributed by atoms with van der Waals surface area (Å²) < 4.78 is 0. The van der Waals surface area contributed by atoms with Crippen LogP contribution < -0.4 is 10.6 Å². The van der Waals surface area contributed by atoms with Crippen LogP contribution in [0.4, 0.5) is 11.4 Å². The predicted molar refractivity (Wildman–Crippen MR) is 87.4 cm³/mol. The highest BCUT2D eigenvalue weighted by molar-refractivity contribution is 5.93. The summed E-state index contributed by atoms with van der Waals surface area (Å²) in [5.74, 6) is 0.118. The van der Waals surface area contributed by atoms with Gasteiger partial charge in [0.1, 0.15) is 0 Å². The van der Waals surface area contributed by atoms with E-state index < -0.39 is 0 Å². The lowest BCUT2D eigenvalue weighted by Crippen LogP contribution is -2.33. The number of fused-ring (bicyclic) bond motifs is 1. The molecule has 3 nitrogen and oxygen atoms in total. The maximum absolute atomic E-state index is 11.7. The lowest BCUT2D eigenvalue weighted by molar-refractivity contribution is -0.116. The molecule has 0 aliphatic carbocycles. The smallest absolute Gasteiger partial charge is 0.223 e. The highest BCUT2D eigenvalue weighted by Gasteiger charge is 2.20. The standard InChI is InChI=1S/C18H20N2O/c1-12-10-14(5-7-17(12)19)15-6-8-18-16(11-15)4-3-9-20(18)13(2)21/h5-8,10-11H,3-4,9,19H2,1-2H3. The van der Waals surface area contributed by atoms with E-state index in [9.17, 15) is 4.79 Å². The fourth-order valence-corrected chi connectivity index (χ4v) is 2.96. The van der Waals surface area contributed by atoms with Crippen LogP contribution in [-0.2, 0) is 11.2 Å². The van der Waals surface area contributed by atoms with Gasteiger partial charge in [-0.2, -0.15) is 0 Å². The Morgan fingerprint density at radius 2 is 1.86 bits per heavy atom. The topological polar surface area (TPSA) is 46.3 Å². The van der Waals surface area contributed by atoms with Crippen molar-refractivity contribution in [3.63, 3.8) is 0 Å². The quantitative estimate of drug-likeness (QED) is 0.812. The number of amides is 1. The number of nitrogens with zero attached hydrogens (tertiary/aromatic N) is 1. The third-order valence-corrected chi connectivity index (χ3v) is 4.18. The van der Waals surface area contributed by atoms with Crippen molar-refractivity contribution in [1.82, 2.24) is 0 Å². The number of benzene rings is 2. The fraction of sp³-hybridized carbons (Fsp3) is 0.278. The Hall–Kier alpha value is -2.29. The molecule has 2 aromatic rings. The van der Waals surface area contributed by atoms with E-state index in [1.165, 1.54) is 16.7 Å². The van der Waals surface area contributed by atoms with E-state index >= 15 is 0 Å². The van der Waals surface area contributed by atoms with Crippen molar-refractivity contribution in [2.75, 3.05) is 17.2 Å². The molecule has 0 saturated heterocycles. The number of hydrogen-bond donors (Lipinski definition) is 1. The second-order valence-electron chi connectivity index (χ2n) is 5.69. The molecule has 0 spiro atoms. The second kappa shape index (κ2) is 5.24. The predicted octanol–water partition coefficient (Wildman–Crippen LogP) is 3.54. The van der Waals surface area contributed by atoms with E-state index in [2.05, 4.69) is 30.3 Å². The van der Waals surface area contributed by atoms with Gasteiger partial charge in [0.25, 0.3) is 0 Å². The lowest BCUT2D eigenvalue weighted by Gasteiger charge is -2.29. The normalized spacial score (nSPS) is 13.9. The number of nitrogen functional groups attached to an aromatic ring is 1. The van der Waals surface area contributed by atoms with Crippen LogP contribution in [0.3, 0.4) is 0 Å². The Bertz CT molecular complexity index is 706. The molecule has 0 aromatic heterocycles. The number of carbonyl (C=O) groups excluding carboxylic acids is 1. The molecule has 1 aliphatic heterocycles. The minimum atomic E-state index is 0.118. The Balaban J connectivity index is 2.03. The summed E-state index contributed by atoms with van der Waals surface area (Å²) in [6.07, 6.45) is 2.05. The van der Waals surface area contributed by atoms with Crippen LogP contribution in [0.15, 0.2) is 36.4 Å². The van der Waals surface area contributed by atoms with Gasteiger partial charge in [-0.15, -0.1) is 0 Å². The summed E-state index contributed by atoms with van der Waals surface area (Å²) in [6, 6.07) is 12.5. The highest BCUT2D eigenvalue weighted by Crippen LogP contribution is 2.32. The molecule has 0 fully saturated rings. The zero-order chi connectivity index (χ0) is 15.0. The summed E-state index contributed by atoms with van der Waals surface area (Å²) in [7, 11) is 0. The van der Waals surface area contributed by atoms with Crippen molar-refractivity contribution in [2.45, 2.75) is 26.7 Å². The molecule has 1 heterocycles. The van der Waals surface area contributed by atoms with E-state index in [1.54, 1.807) is 6.92 Å². The summed E-state index contributed by atoms with van der Waals surface area (Å²) >= 11 is 0. The molecule has 3 heteroatoms. The third-order valence-electron chi connectivity index (χ3n) is 4.18. The molecule has 2 aromatic carbocycles. The zero-order valence-electron chi connectivity index (χ0n) is 12.5. The first-order chi connectivity index (χ1) is 10.1. The van der Waals surface area contributed by atoms with Gasteiger partial charge in [-0.05, 0) is 66.3 Å². The van der Waals surface area contributed by atoms with Gasteiger partial charge >= 0.3 is 0 Å². The zero-order valence-corrected chi connectivity index (χ0v) is 12.5. The molecular weight excluding hydrogens is 260 g/mol. The second-order valence-corrected chi connectivity index (χ2v) is 5.69. The summed E-state index contributed by atoms with van der Waals surface area (Å²) in [6.45, 7) is 4.48. The van der Waals surface area contributed by atoms with E-state index in [0.717, 1.165) is 36.3 Å². The third kappa shape index (κ3) is 2.51. The maximum Gasteiger partial charge on any atom is 0.223 e. The maximum atomic E-state index is 11.7. The van der Waals surface area contributed by atoms with E-state index in [-0.39, 0.29) is 5.91 Å². The van der Waals surface area contributed by atoms with Crippen molar-refractivity contribution >= 4 is 17.3 Å².